The first-order chi connectivity index (χ1) is 10.0. The van der Waals surface area contributed by atoms with Crippen LogP contribution in [0.2, 0.25) is 0 Å². The highest BCUT2D eigenvalue weighted by Crippen LogP contribution is 2.10. The van der Waals surface area contributed by atoms with Crippen molar-refractivity contribution in [3.05, 3.63) is 35.4 Å². The van der Waals surface area contributed by atoms with Crippen LogP contribution in [-0.2, 0) is 11.3 Å². The van der Waals surface area contributed by atoms with Gasteiger partial charge in [0.1, 0.15) is 11.6 Å². The summed E-state index contributed by atoms with van der Waals surface area (Å²) in [7, 11) is 0. The summed E-state index contributed by atoms with van der Waals surface area (Å²) in [4.78, 5) is 14.9. The van der Waals surface area contributed by atoms with E-state index in [0.29, 0.717) is 25.6 Å². The molecule has 0 aliphatic rings. The van der Waals surface area contributed by atoms with Gasteiger partial charge in [-0.15, -0.1) is 0 Å². The van der Waals surface area contributed by atoms with Crippen LogP contribution in [0.1, 0.15) is 19.4 Å². The molecular formula is C14H20F2N4O. The number of benzene rings is 1. The van der Waals surface area contributed by atoms with Gasteiger partial charge in [-0.1, -0.05) is 0 Å². The number of guanidine groups is 1. The molecule has 0 bridgehead atoms. The van der Waals surface area contributed by atoms with Crippen LogP contribution in [0.15, 0.2) is 23.2 Å². The zero-order valence-electron chi connectivity index (χ0n) is 12.2. The Bertz CT molecular complexity index is 506. The number of halogens is 2. The fourth-order valence-corrected chi connectivity index (χ4v) is 1.59. The van der Waals surface area contributed by atoms with E-state index >= 15 is 0 Å². The summed E-state index contributed by atoms with van der Waals surface area (Å²) in [5, 5.41) is 8.61. The average molecular weight is 298 g/mol. The number of carbonyl (C=O) groups is 1. The van der Waals surface area contributed by atoms with E-state index in [1.54, 1.807) is 0 Å². The summed E-state index contributed by atoms with van der Waals surface area (Å²) in [6, 6.07) is 3.27. The van der Waals surface area contributed by atoms with Crippen LogP contribution in [0, 0.1) is 11.6 Å². The maximum absolute atomic E-state index is 13.5. The number of hydrogen-bond donors (Lipinski definition) is 3. The van der Waals surface area contributed by atoms with Gasteiger partial charge in [-0.2, -0.15) is 0 Å². The van der Waals surface area contributed by atoms with E-state index in [2.05, 4.69) is 20.9 Å². The average Bonchev–Trinajstić information content (AvgIpc) is 2.43. The minimum atomic E-state index is -0.495. The molecule has 116 valence electrons. The topological polar surface area (TPSA) is 65.5 Å². The monoisotopic (exact) mass is 298 g/mol. The van der Waals surface area contributed by atoms with Crippen molar-refractivity contribution in [2.45, 2.75) is 20.4 Å². The van der Waals surface area contributed by atoms with Gasteiger partial charge < -0.3 is 16.0 Å². The third kappa shape index (κ3) is 6.69. The van der Waals surface area contributed by atoms with Gasteiger partial charge in [-0.3, -0.25) is 4.79 Å². The van der Waals surface area contributed by atoms with E-state index in [9.17, 15) is 13.6 Å². The van der Waals surface area contributed by atoms with E-state index in [1.807, 2.05) is 6.92 Å². The van der Waals surface area contributed by atoms with E-state index in [-0.39, 0.29) is 18.0 Å². The zero-order valence-corrected chi connectivity index (χ0v) is 12.2. The van der Waals surface area contributed by atoms with E-state index in [1.165, 1.54) is 6.92 Å². The summed E-state index contributed by atoms with van der Waals surface area (Å²) in [6.07, 6.45) is 0. The lowest BCUT2D eigenvalue weighted by atomic mass is 10.2. The summed E-state index contributed by atoms with van der Waals surface area (Å²) in [5.74, 6) is -0.619. The third-order valence-electron chi connectivity index (χ3n) is 2.55. The van der Waals surface area contributed by atoms with Crippen molar-refractivity contribution in [3.8, 4) is 0 Å². The van der Waals surface area contributed by atoms with Crippen molar-refractivity contribution in [1.29, 1.82) is 0 Å². The summed E-state index contributed by atoms with van der Waals surface area (Å²) in [6.45, 7) is 4.93. The minimum Gasteiger partial charge on any atom is -0.357 e. The van der Waals surface area contributed by atoms with E-state index < -0.39 is 11.6 Å². The number of nitrogens with zero attached hydrogens (tertiary/aromatic N) is 1. The van der Waals surface area contributed by atoms with Gasteiger partial charge in [0.2, 0.25) is 5.91 Å². The van der Waals surface area contributed by atoms with Gasteiger partial charge in [0.25, 0.3) is 0 Å². The number of aliphatic imine (C=N–C) groups is 1. The zero-order chi connectivity index (χ0) is 15.7. The van der Waals surface area contributed by atoms with Crippen LogP contribution >= 0.6 is 0 Å². The number of nitrogens with one attached hydrogen (secondary N) is 3. The van der Waals surface area contributed by atoms with Crippen molar-refractivity contribution in [1.82, 2.24) is 16.0 Å². The summed E-state index contributed by atoms with van der Waals surface area (Å²) < 4.78 is 26.5. The predicted molar refractivity (Wildman–Crippen MR) is 77.9 cm³/mol. The molecule has 1 aromatic carbocycles. The van der Waals surface area contributed by atoms with Crippen LogP contribution in [0.25, 0.3) is 0 Å². The van der Waals surface area contributed by atoms with Crippen molar-refractivity contribution >= 4 is 11.9 Å². The van der Waals surface area contributed by atoms with Gasteiger partial charge >= 0.3 is 0 Å². The molecule has 3 N–H and O–H groups in total. The quantitative estimate of drug-likeness (QED) is 0.419. The SMILES string of the molecule is CCNC(=NCc1cc(F)ccc1F)NCCNC(C)=O. The number of hydrogen-bond acceptors (Lipinski definition) is 2. The van der Waals surface area contributed by atoms with Gasteiger partial charge in [0, 0.05) is 32.1 Å². The highest BCUT2D eigenvalue weighted by atomic mass is 19.1. The molecule has 0 saturated carbocycles. The first-order valence-corrected chi connectivity index (χ1v) is 6.73. The molecule has 7 heteroatoms. The second kappa shape index (κ2) is 8.89. The van der Waals surface area contributed by atoms with Crippen molar-refractivity contribution in [2.75, 3.05) is 19.6 Å². The van der Waals surface area contributed by atoms with E-state index in [0.717, 1.165) is 18.2 Å². The molecule has 1 rings (SSSR count). The Hall–Kier alpha value is -2.18. The van der Waals surface area contributed by atoms with Crippen LogP contribution in [0.3, 0.4) is 0 Å². The molecule has 0 heterocycles. The van der Waals surface area contributed by atoms with Crippen LogP contribution < -0.4 is 16.0 Å². The largest absolute Gasteiger partial charge is 0.357 e. The first kappa shape index (κ1) is 16.9. The summed E-state index contributed by atoms with van der Waals surface area (Å²) in [5.41, 5.74) is 0.189. The van der Waals surface area contributed by atoms with Gasteiger partial charge in [-0.25, -0.2) is 13.8 Å². The molecule has 0 atom stereocenters. The smallest absolute Gasteiger partial charge is 0.216 e. The van der Waals surface area contributed by atoms with Gasteiger partial charge in [-0.05, 0) is 25.1 Å². The fraction of sp³-hybridized carbons (Fsp3) is 0.429. The fourth-order valence-electron chi connectivity index (χ4n) is 1.59. The Morgan fingerprint density at radius 1 is 1.19 bits per heavy atom. The van der Waals surface area contributed by atoms with E-state index in [4.69, 9.17) is 0 Å². The van der Waals surface area contributed by atoms with Gasteiger partial charge in [0.05, 0.1) is 6.54 Å². The molecule has 1 aromatic rings. The molecule has 0 spiro atoms. The molecule has 0 aliphatic heterocycles. The van der Waals surface area contributed by atoms with Gasteiger partial charge in [0.15, 0.2) is 5.96 Å². The lowest BCUT2D eigenvalue weighted by Gasteiger charge is -2.11. The Kier molecular flexibility index (Phi) is 7.14. The van der Waals surface area contributed by atoms with Crippen LogP contribution in [0.5, 0.6) is 0 Å². The molecule has 0 radical (unpaired) electrons. The maximum atomic E-state index is 13.5. The molecular weight excluding hydrogens is 278 g/mol. The highest BCUT2D eigenvalue weighted by molar-refractivity contribution is 5.79. The molecule has 0 fully saturated rings. The second-order valence-electron chi connectivity index (χ2n) is 4.34. The Morgan fingerprint density at radius 2 is 1.90 bits per heavy atom. The number of carbonyl (C=O) groups excluding carboxylic acids is 1. The molecule has 1 amide bonds. The molecule has 0 aliphatic carbocycles. The Balaban J connectivity index is 2.58. The van der Waals surface area contributed by atoms with Crippen molar-refractivity contribution in [3.63, 3.8) is 0 Å². The standard InChI is InChI=1S/C14H20F2N4O/c1-3-17-14(19-7-6-18-10(2)21)20-9-11-8-12(15)4-5-13(11)16/h4-5,8H,3,6-7,9H2,1-2H3,(H,18,21)(H2,17,19,20). The Morgan fingerprint density at radius 3 is 2.57 bits per heavy atom. The second-order valence-corrected chi connectivity index (χ2v) is 4.34. The molecule has 0 unspecified atom stereocenters. The molecule has 5 nitrogen and oxygen atoms in total. The highest BCUT2D eigenvalue weighted by Gasteiger charge is 2.04. The maximum Gasteiger partial charge on any atom is 0.216 e. The third-order valence-corrected chi connectivity index (χ3v) is 2.55. The normalized spacial score (nSPS) is 11.1. The van der Waals surface area contributed by atoms with Crippen LogP contribution in [-0.4, -0.2) is 31.5 Å². The number of rotatable bonds is 6. The molecule has 0 saturated heterocycles. The number of amides is 1. The lowest BCUT2D eigenvalue weighted by Crippen LogP contribution is -2.41. The lowest BCUT2D eigenvalue weighted by molar-refractivity contribution is -0.118. The predicted octanol–water partition coefficient (Wildman–Crippen LogP) is 1.16. The molecule has 0 aromatic heterocycles. The minimum absolute atomic E-state index is 0.0268. The van der Waals surface area contributed by atoms with Crippen molar-refractivity contribution < 1.29 is 13.6 Å². The summed E-state index contributed by atoms with van der Waals surface area (Å²) >= 11 is 0. The van der Waals surface area contributed by atoms with Crippen molar-refractivity contribution in [2.24, 2.45) is 4.99 Å². The first-order valence-electron chi connectivity index (χ1n) is 6.73. The Labute approximate surface area is 122 Å². The molecule has 21 heavy (non-hydrogen) atoms. The van der Waals surface area contributed by atoms with Crippen LogP contribution in [0.4, 0.5) is 8.78 Å².